The molecule has 3 aromatic rings. The number of nitrogens with zero attached hydrogens (tertiary/aromatic N) is 6. The smallest absolute Gasteiger partial charge is 0.330 e. The average Bonchev–Trinajstić information content (AvgIpc) is 2.94. The molecule has 1 aliphatic heterocycles. The number of hydrogen-bond donors (Lipinski definition) is 1. The minimum absolute atomic E-state index is 0.0169. The summed E-state index contributed by atoms with van der Waals surface area (Å²) in [6.45, 7) is 3.02. The number of hydrogen-bond acceptors (Lipinski definition) is 9. The molecule has 12 nitrogen and oxygen atoms in total. The predicted molar refractivity (Wildman–Crippen MR) is 146 cm³/mol. The highest BCUT2D eigenvalue weighted by atomic mass is 32.2. The summed E-state index contributed by atoms with van der Waals surface area (Å²) in [5, 5.41) is 0.111. The number of ether oxygens (including phenoxy) is 1. The van der Waals surface area contributed by atoms with Gasteiger partial charge in [-0.3, -0.25) is 19.0 Å². The summed E-state index contributed by atoms with van der Waals surface area (Å²) in [7, 11) is 0.379. The number of nitrogens with one attached hydrogen (secondary N) is 1. The first-order chi connectivity index (χ1) is 18.9. The Morgan fingerprint density at radius 2 is 1.77 bits per heavy atom. The van der Waals surface area contributed by atoms with Crippen molar-refractivity contribution in [2.24, 2.45) is 14.1 Å². The Hall–Kier alpha value is -3.34. The Morgan fingerprint density at radius 3 is 2.45 bits per heavy atom. The number of rotatable bonds is 9. The standard InChI is InChI=1S/C24H29F2N7O5S2/c1-15-17(22(34)31(3)24(35)30(15)2)13-32-8-10-33(11-9-32)40(36,37)29-19-12-20(38-4)28-23(27-19)39-14-16-6-5-7-18(25)21(16)26/h5-7,12H,8-11,13-14H2,1-4H3,(H,27,28,29). The van der Waals surface area contributed by atoms with Crippen molar-refractivity contribution in [1.82, 2.24) is 28.3 Å². The summed E-state index contributed by atoms with van der Waals surface area (Å²) in [6.07, 6.45) is 0. The molecular formula is C24H29F2N7O5S2. The van der Waals surface area contributed by atoms with Gasteiger partial charge >= 0.3 is 15.9 Å². The lowest BCUT2D eigenvalue weighted by atomic mass is 10.2. The van der Waals surface area contributed by atoms with Gasteiger partial charge in [-0.15, -0.1) is 0 Å². The lowest BCUT2D eigenvalue weighted by Crippen LogP contribution is -2.51. The Balaban J connectivity index is 1.42. The lowest BCUT2D eigenvalue weighted by molar-refractivity contribution is 0.180. The van der Waals surface area contributed by atoms with Crippen LogP contribution in [0.3, 0.4) is 0 Å². The monoisotopic (exact) mass is 597 g/mol. The molecule has 0 saturated carbocycles. The van der Waals surface area contributed by atoms with Gasteiger partial charge in [0, 0.05) is 69.9 Å². The molecule has 0 aliphatic carbocycles. The summed E-state index contributed by atoms with van der Waals surface area (Å²) >= 11 is 0.995. The number of halogens is 2. The molecule has 16 heteroatoms. The molecule has 1 aliphatic rings. The normalized spacial score (nSPS) is 14.8. The van der Waals surface area contributed by atoms with Crippen molar-refractivity contribution >= 4 is 27.8 Å². The first-order valence-corrected chi connectivity index (χ1v) is 14.6. The maximum atomic E-state index is 14.0. The SMILES string of the molecule is COc1cc(NS(=O)(=O)N2CCN(Cc3c(C)n(C)c(=O)n(C)c3=O)CC2)nc(SCc2cccc(F)c2F)n1. The van der Waals surface area contributed by atoms with E-state index in [9.17, 15) is 26.8 Å². The molecule has 0 radical (unpaired) electrons. The van der Waals surface area contributed by atoms with E-state index < -0.39 is 27.5 Å². The first kappa shape index (κ1) is 29.6. The largest absolute Gasteiger partial charge is 0.481 e. The molecule has 0 atom stereocenters. The molecule has 1 aromatic carbocycles. The van der Waals surface area contributed by atoms with Gasteiger partial charge in [0.1, 0.15) is 5.82 Å². The van der Waals surface area contributed by atoms with Gasteiger partial charge in [0.05, 0.1) is 12.7 Å². The molecule has 2 aromatic heterocycles. The third-order valence-electron chi connectivity index (χ3n) is 6.64. The highest BCUT2D eigenvalue weighted by Gasteiger charge is 2.28. The van der Waals surface area contributed by atoms with Crippen molar-refractivity contribution in [2.45, 2.75) is 24.4 Å². The summed E-state index contributed by atoms with van der Waals surface area (Å²) in [5.41, 5.74) is 0.384. The quantitative estimate of drug-likeness (QED) is 0.286. The molecule has 3 heterocycles. The van der Waals surface area contributed by atoms with E-state index in [2.05, 4.69) is 14.7 Å². The molecule has 0 unspecified atom stereocenters. The van der Waals surface area contributed by atoms with Crippen molar-refractivity contribution in [3.05, 3.63) is 73.6 Å². The Labute approximate surface area is 233 Å². The number of thioether (sulfide) groups is 1. The van der Waals surface area contributed by atoms with Crippen LogP contribution >= 0.6 is 11.8 Å². The molecule has 0 amide bonds. The zero-order valence-electron chi connectivity index (χ0n) is 22.3. The topological polar surface area (TPSA) is 132 Å². The first-order valence-electron chi connectivity index (χ1n) is 12.2. The van der Waals surface area contributed by atoms with Gasteiger partial charge in [-0.1, -0.05) is 23.9 Å². The molecule has 0 bridgehead atoms. The third-order valence-corrected chi connectivity index (χ3v) is 9.05. The zero-order valence-corrected chi connectivity index (χ0v) is 24.0. The average molecular weight is 598 g/mol. The Morgan fingerprint density at radius 1 is 1.07 bits per heavy atom. The Kier molecular flexibility index (Phi) is 8.92. The van der Waals surface area contributed by atoms with Crippen LogP contribution in [0.5, 0.6) is 5.88 Å². The predicted octanol–water partition coefficient (Wildman–Crippen LogP) is 1.24. The second kappa shape index (κ2) is 12.0. The van der Waals surface area contributed by atoms with Gasteiger partial charge in [-0.05, 0) is 13.0 Å². The van der Waals surface area contributed by atoms with Crippen LogP contribution in [0.4, 0.5) is 14.6 Å². The van der Waals surface area contributed by atoms with Crippen LogP contribution in [0.15, 0.2) is 39.0 Å². The molecule has 0 spiro atoms. The lowest BCUT2D eigenvalue weighted by Gasteiger charge is -2.34. The maximum Gasteiger partial charge on any atom is 0.330 e. The van der Waals surface area contributed by atoms with Gasteiger partial charge in [-0.25, -0.2) is 18.6 Å². The number of methoxy groups -OCH3 is 1. The number of aromatic nitrogens is 4. The highest BCUT2D eigenvalue weighted by Crippen LogP contribution is 2.26. The zero-order chi connectivity index (χ0) is 29.2. The molecule has 1 saturated heterocycles. The van der Waals surface area contributed by atoms with E-state index in [1.54, 1.807) is 14.0 Å². The van der Waals surface area contributed by atoms with Crippen molar-refractivity contribution in [1.29, 1.82) is 0 Å². The van der Waals surface area contributed by atoms with Crippen LogP contribution < -0.4 is 20.7 Å². The third kappa shape index (κ3) is 6.35. The molecular weight excluding hydrogens is 568 g/mol. The second-order valence-corrected chi connectivity index (χ2v) is 11.7. The number of benzene rings is 1. The highest BCUT2D eigenvalue weighted by molar-refractivity contribution is 7.98. The molecule has 1 N–H and O–H groups in total. The molecule has 40 heavy (non-hydrogen) atoms. The van der Waals surface area contributed by atoms with Crippen LogP contribution in [0.25, 0.3) is 0 Å². The minimum atomic E-state index is -4.01. The number of anilines is 1. The van der Waals surface area contributed by atoms with E-state index in [1.165, 1.54) is 41.2 Å². The van der Waals surface area contributed by atoms with E-state index in [1.807, 2.05) is 4.90 Å². The van der Waals surface area contributed by atoms with Crippen LogP contribution in [-0.4, -0.2) is 70.0 Å². The van der Waals surface area contributed by atoms with E-state index in [0.29, 0.717) is 24.3 Å². The van der Waals surface area contributed by atoms with Crippen LogP contribution in [0, 0.1) is 18.6 Å². The molecule has 216 valence electrons. The van der Waals surface area contributed by atoms with E-state index in [4.69, 9.17) is 4.74 Å². The summed E-state index contributed by atoms with van der Waals surface area (Å²) in [4.78, 5) is 35.1. The van der Waals surface area contributed by atoms with E-state index in [-0.39, 0.29) is 53.4 Å². The fraction of sp³-hybridized carbons (Fsp3) is 0.417. The van der Waals surface area contributed by atoms with Crippen molar-refractivity contribution in [3.63, 3.8) is 0 Å². The van der Waals surface area contributed by atoms with Gasteiger partial charge < -0.3 is 9.30 Å². The fourth-order valence-electron chi connectivity index (χ4n) is 4.17. The number of piperazine rings is 1. The molecule has 4 rings (SSSR count). The van der Waals surface area contributed by atoms with E-state index in [0.717, 1.165) is 22.4 Å². The maximum absolute atomic E-state index is 14.0. The summed E-state index contributed by atoms with van der Waals surface area (Å²) < 4.78 is 65.1. The molecule has 1 fully saturated rings. The van der Waals surface area contributed by atoms with Crippen molar-refractivity contribution in [2.75, 3.05) is 38.0 Å². The summed E-state index contributed by atoms with van der Waals surface area (Å²) in [6, 6.07) is 5.17. The summed E-state index contributed by atoms with van der Waals surface area (Å²) in [5.74, 6) is -1.87. The second-order valence-electron chi connectivity index (χ2n) is 9.13. The van der Waals surface area contributed by atoms with Gasteiger partial charge in [-0.2, -0.15) is 17.7 Å². The minimum Gasteiger partial charge on any atom is -0.481 e. The van der Waals surface area contributed by atoms with Gasteiger partial charge in [0.15, 0.2) is 16.8 Å². The van der Waals surface area contributed by atoms with E-state index >= 15 is 0 Å². The van der Waals surface area contributed by atoms with Crippen molar-refractivity contribution in [3.8, 4) is 5.88 Å². The van der Waals surface area contributed by atoms with Crippen molar-refractivity contribution < 1.29 is 21.9 Å². The van der Waals surface area contributed by atoms with Crippen LogP contribution in [0.1, 0.15) is 16.8 Å². The van der Waals surface area contributed by atoms with Crippen LogP contribution in [-0.2, 0) is 36.6 Å². The van der Waals surface area contributed by atoms with Gasteiger partial charge in [0.25, 0.3) is 5.56 Å². The van der Waals surface area contributed by atoms with Gasteiger partial charge in [0.2, 0.25) is 5.88 Å². The fourth-order valence-corrected chi connectivity index (χ4v) is 6.14. The Bertz CT molecular complexity index is 1640. The van der Waals surface area contributed by atoms with Crippen LogP contribution in [0.2, 0.25) is 0 Å².